The van der Waals surface area contributed by atoms with Gasteiger partial charge in [-0.05, 0) is 35.2 Å². The van der Waals surface area contributed by atoms with Crippen LogP contribution in [0.4, 0.5) is 0 Å². The molecule has 1 amide bonds. The number of nitrogens with zero attached hydrogens (tertiary/aromatic N) is 2. The van der Waals surface area contributed by atoms with E-state index in [0.717, 1.165) is 25.9 Å². The molecule has 0 aliphatic heterocycles. The van der Waals surface area contributed by atoms with E-state index in [1.807, 2.05) is 38.5 Å². The molecule has 0 atom stereocenters. The maximum Gasteiger partial charge on any atom is 0.256 e. The number of halogens is 1. The van der Waals surface area contributed by atoms with Crippen LogP contribution >= 0.6 is 39.0 Å². The molecular weight excluding hydrogens is 382 g/mol. The second-order valence-electron chi connectivity index (χ2n) is 5.12. The third-order valence-corrected chi connectivity index (χ3v) is 5.44. The minimum atomic E-state index is -0.123. The standard InChI is InChI=1S/C15H18BrN3OS2/c1-8(2)13-18-9(3)12(15(19-13)21-4)14(20)17-6-11-5-10(16)7-22-11/h5,7-8H,6H2,1-4H3,(H,17,20). The zero-order valence-corrected chi connectivity index (χ0v) is 16.2. The van der Waals surface area contributed by atoms with Gasteiger partial charge >= 0.3 is 0 Å². The van der Waals surface area contributed by atoms with Gasteiger partial charge in [-0.1, -0.05) is 13.8 Å². The fraction of sp³-hybridized carbons (Fsp3) is 0.400. The van der Waals surface area contributed by atoms with Gasteiger partial charge in [-0.15, -0.1) is 23.1 Å². The fourth-order valence-electron chi connectivity index (χ4n) is 1.94. The van der Waals surface area contributed by atoms with Gasteiger partial charge < -0.3 is 5.32 Å². The predicted molar refractivity (Wildman–Crippen MR) is 95.8 cm³/mol. The van der Waals surface area contributed by atoms with Crippen molar-refractivity contribution in [3.63, 3.8) is 0 Å². The highest BCUT2D eigenvalue weighted by Gasteiger charge is 2.19. The van der Waals surface area contributed by atoms with Crippen molar-refractivity contribution < 1.29 is 4.79 Å². The Morgan fingerprint density at radius 3 is 2.73 bits per heavy atom. The molecule has 2 rings (SSSR count). The van der Waals surface area contributed by atoms with Gasteiger partial charge in [0, 0.05) is 20.6 Å². The third-order valence-electron chi connectivity index (χ3n) is 3.06. The van der Waals surface area contributed by atoms with Crippen molar-refractivity contribution in [1.82, 2.24) is 15.3 Å². The summed E-state index contributed by atoms with van der Waals surface area (Å²) in [5.74, 6) is 0.896. The van der Waals surface area contributed by atoms with Gasteiger partial charge in [-0.25, -0.2) is 9.97 Å². The summed E-state index contributed by atoms with van der Waals surface area (Å²) >= 11 is 6.50. The van der Waals surface area contributed by atoms with Crippen LogP contribution in [0.1, 0.15) is 46.5 Å². The first-order valence-corrected chi connectivity index (χ1v) is 9.75. The number of thioether (sulfide) groups is 1. The largest absolute Gasteiger partial charge is 0.347 e. The molecule has 0 aromatic carbocycles. The van der Waals surface area contributed by atoms with Crippen molar-refractivity contribution in [2.24, 2.45) is 0 Å². The summed E-state index contributed by atoms with van der Waals surface area (Å²) in [6.45, 7) is 6.47. The molecule has 2 aromatic rings. The van der Waals surface area contributed by atoms with E-state index in [1.165, 1.54) is 11.8 Å². The normalized spacial score (nSPS) is 11.0. The van der Waals surface area contributed by atoms with E-state index in [0.29, 0.717) is 12.1 Å². The number of carbonyl (C=O) groups is 1. The Morgan fingerprint density at radius 2 is 2.18 bits per heavy atom. The van der Waals surface area contributed by atoms with Gasteiger partial charge in [0.2, 0.25) is 0 Å². The molecule has 0 spiro atoms. The molecule has 118 valence electrons. The first kappa shape index (κ1) is 17.4. The number of hydrogen-bond acceptors (Lipinski definition) is 5. The van der Waals surface area contributed by atoms with Gasteiger partial charge in [0.25, 0.3) is 5.91 Å². The van der Waals surface area contributed by atoms with Crippen LogP contribution in [0, 0.1) is 6.92 Å². The summed E-state index contributed by atoms with van der Waals surface area (Å²) in [5.41, 5.74) is 1.31. The average molecular weight is 400 g/mol. The van der Waals surface area contributed by atoms with Crippen LogP contribution in [0.15, 0.2) is 20.9 Å². The van der Waals surface area contributed by atoms with E-state index in [9.17, 15) is 4.79 Å². The molecule has 0 aliphatic rings. The van der Waals surface area contributed by atoms with Gasteiger partial charge in [0.05, 0.1) is 17.8 Å². The van der Waals surface area contributed by atoms with Gasteiger partial charge in [0.1, 0.15) is 10.9 Å². The van der Waals surface area contributed by atoms with E-state index in [2.05, 4.69) is 31.2 Å². The maximum atomic E-state index is 12.5. The van der Waals surface area contributed by atoms with Crippen LogP contribution in [0.3, 0.4) is 0 Å². The van der Waals surface area contributed by atoms with Crippen molar-refractivity contribution in [3.05, 3.63) is 37.9 Å². The molecule has 0 bridgehead atoms. The predicted octanol–water partition coefficient (Wildman–Crippen LogP) is 4.38. The van der Waals surface area contributed by atoms with Gasteiger partial charge in [-0.2, -0.15) is 0 Å². The minimum absolute atomic E-state index is 0.123. The van der Waals surface area contributed by atoms with E-state index in [-0.39, 0.29) is 11.8 Å². The third kappa shape index (κ3) is 4.08. The molecule has 7 heteroatoms. The quantitative estimate of drug-likeness (QED) is 0.598. The Balaban J connectivity index is 2.21. The lowest BCUT2D eigenvalue weighted by Gasteiger charge is -2.13. The lowest BCUT2D eigenvalue weighted by molar-refractivity contribution is 0.0946. The molecular formula is C15H18BrN3OS2. The van der Waals surface area contributed by atoms with E-state index in [1.54, 1.807) is 11.3 Å². The molecule has 0 saturated carbocycles. The first-order chi connectivity index (χ1) is 10.4. The molecule has 0 aliphatic carbocycles. The smallest absolute Gasteiger partial charge is 0.256 e. The number of amides is 1. The van der Waals surface area contributed by atoms with E-state index in [4.69, 9.17) is 0 Å². The number of hydrogen-bond donors (Lipinski definition) is 1. The zero-order valence-electron chi connectivity index (χ0n) is 12.9. The van der Waals surface area contributed by atoms with Crippen molar-refractivity contribution in [3.8, 4) is 0 Å². The summed E-state index contributed by atoms with van der Waals surface area (Å²) < 4.78 is 1.03. The van der Waals surface area contributed by atoms with Crippen LogP contribution in [-0.2, 0) is 6.54 Å². The van der Waals surface area contributed by atoms with Crippen molar-refractivity contribution >= 4 is 44.9 Å². The SMILES string of the molecule is CSc1nc(C(C)C)nc(C)c1C(=O)NCc1cc(Br)cs1. The molecule has 0 saturated heterocycles. The lowest BCUT2D eigenvalue weighted by atomic mass is 10.1. The minimum Gasteiger partial charge on any atom is -0.347 e. The molecule has 4 nitrogen and oxygen atoms in total. The molecule has 0 fully saturated rings. The zero-order chi connectivity index (χ0) is 16.3. The lowest BCUT2D eigenvalue weighted by Crippen LogP contribution is -2.25. The van der Waals surface area contributed by atoms with Crippen LogP contribution in [0.2, 0.25) is 0 Å². The first-order valence-electron chi connectivity index (χ1n) is 6.86. The average Bonchev–Trinajstić information content (AvgIpc) is 2.89. The van der Waals surface area contributed by atoms with Crippen molar-refractivity contribution in [1.29, 1.82) is 0 Å². The molecule has 1 N–H and O–H groups in total. The number of thiophene rings is 1. The second kappa shape index (κ2) is 7.57. The maximum absolute atomic E-state index is 12.5. The summed E-state index contributed by atoms with van der Waals surface area (Å²) in [6.07, 6.45) is 1.93. The highest BCUT2D eigenvalue weighted by molar-refractivity contribution is 9.10. The number of carbonyl (C=O) groups excluding carboxylic acids is 1. The summed E-state index contributed by atoms with van der Waals surface area (Å²) in [5, 5.41) is 5.69. The molecule has 22 heavy (non-hydrogen) atoms. The fourth-order valence-corrected chi connectivity index (χ4v) is 3.96. The van der Waals surface area contributed by atoms with Crippen LogP contribution in [0.25, 0.3) is 0 Å². The van der Waals surface area contributed by atoms with Crippen molar-refractivity contribution in [2.45, 2.75) is 38.3 Å². The Bertz CT molecular complexity index is 685. The summed E-state index contributed by atoms with van der Waals surface area (Å²) in [7, 11) is 0. The van der Waals surface area contributed by atoms with E-state index < -0.39 is 0 Å². The number of aromatic nitrogens is 2. The van der Waals surface area contributed by atoms with Crippen molar-refractivity contribution in [2.75, 3.05) is 6.26 Å². The van der Waals surface area contributed by atoms with Crippen LogP contribution in [0.5, 0.6) is 0 Å². The summed E-state index contributed by atoms with van der Waals surface area (Å²) in [6, 6.07) is 2.01. The summed E-state index contributed by atoms with van der Waals surface area (Å²) in [4.78, 5) is 22.6. The van der Waals surface area contributed by atoms with Gasteiger partial charge in [-0.3, -0.25) is 4.79 Å². The number of rotatable bonds is 5. The Hall–Kier alpha value is -0.920. The highest BCUT2D eigenvalue weighted by Crippen LogP contribution is 2.24. The van der Waals surface area contributed by atoms with Crippen LogP contribution in [-0.4, -0.2) is 22.1 Å². The molecule has 2 heterocycles. The Kier molecular flexibility index (Phi) is 6.00. The number of nitrogens with one attached hydrogen (secondary N) is 1. The monoisotopic (exact) mass is 399 g/mol. The molecule has 2 aromatic heterocycles. The van der Waals surface area contributed by atoms with Gasteiger partial charge in [0.15, 0.2) is 0 Å². The molecule has 0 radical (unpaired) electrons. The Labute approximate surface area is 147 Å². The van der Waals surface area contributed by atoms with Crippen LogP contribution < -0.4 is 5.32 Å². The topological polar surface area (TPSA) is 54.9 Å². The van der Waals surface area contributed by atoms with E-state index >= 15 is 0 Å². The number of aryl methyl sites for hydroxylation is 1. The highest BCUT2D eigenvalue weighted by atomic mass is 79.9. The second-order valence-corrected chi connectivity index (χ2v) is 7.83. The Morgan fingerprint density at radius 1 is 1.45 bits per heavy atom. The molecule has 0 unspecified atom stereocenters.